The van der Waals surface area contributed by atoms with Crippen molar-refractivity contribution in [3.63, 3.8) is 0 Å². The molecule has 2 fully saturated rings. The number of fused-ring (bicyclic) bond motifs is 3. The number of aryl methyl sites for hydroxylation is 1. The van der Waals surface area contributed by atoms with Crippen LogP contribution in [-0.4, -0.2) is 29.0 Å². The second-order valence-corrected chi connectivity index (χ2v) is 6.67. The smallest absolute Gasteiger partial charge is 0.0441 e. The Morgan fingerprint density at radius 2 is 2.11 bits per heavy atom. The third kappa shape index (κ3) is 1.92. The van der Waals surface area contributed by atoms with E-state index >= 15 is 0 Å². The summed E-state index contributed by atoms with van der Waals surface area (Å²) < 4.78 is 0. The van der Waals surface area contributed by atoms with Crippen molar-refractivity contribution in [2.45, 2.75) is 57.4 Å². The standard InChI is InChI=1S/C17H24N2/c1-2-12-7-16-15-10-14(19-5-3-4-6-19)8-13(15)9-17(16)18-11-12/h7,11,13-15H,2-6,8-10H2,1H3. The molecule has 2 aliphatic carbocycles. The Bertz CT molecular complexity index is 476. The van der Waals surface area contributed by atoms with Crippen molar-refractivity contribution in [2.75, 3.05) is 13.1 Å². The highest BCUT2D eigenvalue weighted by Gasteiger charge is 2.43. The molecule has 4 rings (SSSR count). The van der Waals surface area contributed by atoms with E-state index in [9.17, 15) is 0 Å². The first-order chi connectivity index (χ1) is 9.35. The maximum atomic E-state index is 4.72. The van der Waals surface area contributed by atoms with Crippen LogP contribution in [0.4, 0.5) is 0 Å². The fourth-order valence-corrected chi connectivity index (χ4v) is 4.60. The first-order valence-corrected chi connectivity index (χ1v) is 8.07. The van der Waals surface area contributed by atoms with Crippen molar-refractivity contribution in [3.8, 4) is 0 Å². The molecule has 0 aromatic carbocycles. The van der Waals surface area contributed by atoms with Crippen LogP contribution in [0.3, 0.4) is 0 Å². The first kappa shape index (κ1) is 11.9. The zero-order chi connectivity index (χ0) is 12.8. The molecule has 2 nitrogen and oxygen atoms in total. The number of likely N-dealkylation sites (tertiary alicyclic amines) is 1. The average Bonchev–Trinajstić information content (AvgIpc) is 3.12. The fourth-order valence-electron chi connectivity index (χ4n) is 4.60. The van der Waals surface area contributed by atoms with E-state index in [1.165, 1.54) is 56.5 Å². The Morgan fingerprint density at radius 3 is 2.89 bits per heavy atom. The number of nitrogens with zero attached hydrogens (tertiary/aromatic N) is 2. The lowest BCUT2D eigenvalue weighted by Gasteiger charge is -2.24. The maximum absolute atomic E-state index is 4.72. The van der Waals surface area contributed by atoms with Crippen LogP contribution in [0.5, 0.6) is 0 Å². The fraction of sp³-hybridized carbons (Fsp3) is 0.706. The van der Waals surface area contributed by atoms with Gasteiger partial charge in [-0.2, -0.15) is 0 Å². The summed E-state index contributed by atoms with van der Waals surface area (Å²) in [5.41, 5.74) is 4.43. The van der Waals surface area contributed by atoms with E-state index in [1.807, 2.05) is 0 Å². The van der Waals surface area contributed by atoms with Crippen LogP contribution in [-0.2, 0) is 12.8 Å². The number of hydrogen-bond acceptors (Lipinski definition) is 2. The largest absolute Gasteiger partial charge is 0.300 e. The van der Waals surface area contributed by atoms with Crippen LogP contribution in [0, 0.1) is 5.92 Å². The van der Waals surface area contributed by atoms with Gasteiger partial charge in [-0.1, -0.05) is 13.0 Å². The van der Waals surface area contributed by atoms with Gasteiger partial charge < -0.3 is 4.90 Å². The molecular formula is C17H24N2. The summed E-state index contributed by atoms with van der Waals surface area (Å²) >= 11 is 0. The molecule has 2 heteroatoms. The van der Waals surface area contributed by atoms with Gasteiger partial charge in [0.2, 0.25) is 0 Å². The molecule has 0 radical (unpaired) electrons. The van der Waals surface area contributed by atoms with Crippen LogP contribution in [0.1, 0.15) is 55.3 Å². The Morgan fingerprint density at radius 1 is 1.26 bits per heavy atom. The summed E-state index contributed by atoms with van der Waals surface area (Å²) in [6, 6.07) is 3.33. The summed E-state index contributed by atoms with van der Waals surface area (Å²) in [7, 11) is 0. The van der Waals surface area contributed by atoms with Gasteiger partial charge in [-0.3, -0.25) is 4.98 Å². The Kier molecular flexibility index (Phi) is 2.87. The molecular weight excluding hydrogens is 232 g/mol. The normalized spacial score (nSPS) is 33.6. The molecule has 0 amide bonds. The van der Waals surface area contributed by atoms with Gasteiger partial charge in [0, 0.05) is 17.9 Å². The van der Waals surface area contributed by atoms with E-state index in [1.54, 1.807) is 5.56 Å². The van der Waals surface area contributed by atoms with Crippen LogP contribution < -0.4 is 0 Å². The van der Waals surface area contributed by atoms with Gasteiger partial charge in [-0.05, 0) is 74.6 Å². The van der Waals surface area contributed by atoms with Crippen molar-refractivity contribution >= 4 is 0 Å². The molecule has 1 saturated carbocycles. The molecule has 1 aromatic rings. The second-order valence-electron chi connectivity index (χ2n) is 6.67. The minimum Gasteiger partial charge on any atom is -0.300 e. The van der Waals surface area contributed by atoms with Gasteiger partial charge >= 0.3 is 0 Å². The number of pyridine rings is 1. The number of rotatable bonds is 2. The van der Waals surface area contributed by atoms with E-state index in [-0.39, 0.29) is 0 Å². The Balaban J connectivity index is 1.57. The van der Waals surface area contributed by atoms with Gasteiger partial charge in [0.15, 0.2) is 0 Å². The maximum Gasteiger partial charge on any atom is 0.0441 e. The van der Waals surface area contributed by atoms with E-state index in [4.69, 9.17) is 4.98 Å². The van der Waals surface area contributed by atoms with Gasteiger partial charge in [0.1, 0.15) is 0 Å². The van der Waals surface area contributed by atoms with Crippen molar-refractivity contribution in [3.05, 3.63) is 29.1 Å². The van der Waals surface area contributed by atoms with Gasteiger partial charge in [0.25, 0.3) is 0 Å². The molecule has 1 saturated heterocycles. The lowest BCUT2D eigenvalue weighted by Crippen LogP contribution is -2.30. The Labute approximate surface area is 116 Å². The molecule has 3 aliphatic rings. The first-order valence-electron chi connectivity index (χ1n) is 8.07. The van der Waals surface area contributed by atoms with Crippen LogP contribution in [0.2, 0.25) is 0 Å². The minimum absolute atomic E-state index is 0.819. The number of aromatic nitrogens is 1. The summed E-state index contributed by atoms with van der Waals surface area (Å²) in [5, 5.41) is 0. The van der Waals surface area contributed by atoms with Crippen molar-refractivity contribution in [2.24, 2.45) is 5.92 Å². The molecule has 19 heavy (non-hydrogen) atoms. The molecule has 3 atom stereocenters. The monoisotopic (exact) mass is 256 g/mol. The highest BCUT2D eigenvalue weighted by molar-refractivity contribution is 5.36. The van der Waals surface area contributed by atoms with Crippen LogP contribution in [0.15, 0.2) is 12.3 Å². The molecule has 1 aliphatic heterocycles. The SMILES string of the molecule is CCc1cnc2c(c1)C1CC(N3CCCC3)CC1C2. The lowest BCUT2D eigenvalue weighted by atomic mass is 9.96. The Hall–Kier alpha value is -0.890. The van der Waals surface area contributed by atoms with Crippen molar-refractivity contribution in [1.82, 2.24) is 9.88 Å². The summed E-state index contributed by atoms with van der Waals surface area (Å²) in [4.78, 5) is 7.48. The van der Waals surface area contributed by atoms with Crippen LogP contribution >= 0.6 is 0 Å². The zero-order valence-electron chi connectivity index (χ0n) is 11.9. The third-order valence-electron chi connectivity index (χ3n) is 5.65. The molecule has 0 N–H and O–H groups in total. The summed E-state index contributed by atoms with van der Waals surface area (Å²) in [5.74, 6) is 1.71. The van der Waals surface area contributed by atoms with Crippen molar-refractivity contribution < 1.29 is 0 Å². The molecule has 1 aromatic heterocycles. The predicted molar refractivity (Wildman–Crippen MR) is 77.4 cm³/mol. The third-order valence-corrected chi connectivity index (χ3v) is 5.65. The average molecular weight is 256 g/mol. The van der Waals surface area contributed by atoms with E-state index in [0.717, 1.165) is 24.3 Å². The highest BCUT2D eigenvalue weighted by atomic mass is 15.2. The molecule has 0 spiro atoms. The predicted octanol–water partition coefficient (Wildman–Crippen LogP) is 3.16. The number of hydrogen-bond donors (Lipinski definition) is 0. The molecule has 102 valence electrons. The topological polar surface area (TPSA) is 16.1 Å². The lowest BCUT2D eigenvalue weighted by molar-refractivity contribution is 0.239. The minimum atomic E-state index is 0.819. The highest BCUT2D eigenvalue weighted by Crippen LogP contribution is 2.49. The van der Waals surface area contributed by atoms with E-state index < -0.39 is 0 Å². The van der Waals surface area contributed by atoms with E-state index in [2.05, 4.69) is 24.1 Å². The quantitative estimate of drug-likeness (QED) is 0.808. The van der Waals surface area contributed by atoms with Crippen molar-refractivity contribution in [1.29, 1.82) is 0 Å². The second kappa shape index (κ2) is 4.59. The summed E-state index contributed by atoms with van der Waals surface area (Å²) in [6.07, 6.45) is 10.1. The van der Waals surface area contributed by atoms with Gasteiger partial charge in [-0.15, -0.1) is 0 Å². The zero-order valence-corrected chi connectivity index (χ0v) is 11.9. The molecule has 2 heterocycles. The summed E-state index contributed by atoms with van der Waals surface area (Å²) in [6.45, 7) is 4.94. The van der Waals surface area contributed by atoms with Gasteiger partial charge in [0.05, 0.1) is 0 Å². The molecule has 0 bridgehead atoms. The van der Waals surface area contributed by atoms with Gasteiger partial charge in [-0.25, -0.2) is 0 Å². The van der Waals surface area contributed by atoms with E-state index in [0.29, 0.717) is 0 Å². The van der Waals surface area contributed by atoms with Crippen LogP contribution in [0.25, 0.3) is 0 Å². The molecule has 3 unspecified atom stereocenters.